The van der Waals surface area contributed by atoms with Crippen molar-refractivity contribution in [3.05, 3.63) is 35.9 Å². The lowest BCUT2D eigenvalue weighted by Gasteiger charge is -2.19. The molecule has 3 rings (SSSR count). The minimum absolute atomic E-state index is 0.0957. The van der Waals surface area contributed by atoms with Crippen molar-refractivity contribution >= 4 is 11.8 Å². The van der Waals surface area contributed by atoms with Crippen molar-refractivity contribution in [2.45, 2.75) is 43.3 Å². The van der Waals surface area contributed by atoms with Gasteiger partial charge in [-0.3, -0.25) is 9.59 Å². The highest BCUT2D eigenvalue weighted by Gasteiger charge is 2.40. The highest BCUT2D eigenvalue weighted by molar-refractivity contribution is 5.92. The first-order valence-corrected chi connectivity index (χ1v) is 8.13. The standard InChI is InChI=1S/C18H20N4O2/c1-2-3-9-18(21-22-18)10-11-19-17(24)16-14(12-15(23)20-16)13-7-5-4-6-8-13/h1,4-8,14,16H,3,9-12H2,(H,19,24)(H,20,23)/t14-,16+/m0/s1. The van der Waals surface area contributed by atoms with Gasteiger partial charge in [0.15, 0.2) is 5.66 Å². The lowest BCUT2D eigenvalue weighted by molar-refractivity contribution is -0.125. The Labute approximate surface area is 141 Å². The normalized spacial score (nSPS) is 23.4. The molecule has 0 aliphatic carbocycles. The van der Waals surface area contributed by atoms with Crippen LogP contribution in [0.1, 0.15) is 37.2 Å². The Morgan fingerprint density at radius 2 is 2.08 bits per heavy atom. The number of carbonyl (C=O) groups is 2. The van der Waals surface area contributed by atoms with Crippen molar-refractivity contribution in [2.75, 3.05) is 6.54 Å². The van der Waals surface area contributed by atoms with Crippen LogP contribution < -0.4 is 10.6 Å². The van der Waals surface area contributed by atoms with E-state index >= 15 is 0 Å². The molecule has 1 aromatic rings. The van der Waals surface area contributed by atoms with Crippen molar-refractivity contribution in [1.82, 2.24) is 10.6 Å². The molecular formula is C18H20N4O2. The second kappa shape index (κ2) is 6.83. The average molecular weight is 324 g/mol. The first kappa shape index (κ1) is 16.2. The zero-order valence-electron chi connectivity index (χ0n) is 13.4. The van der Waals surface area contributed by atoms with Gasteiger partial charge in [0.25, 0.3) is 0 Å². The molecule has 0 unspecified atom stereocenters. The Bertz CT molecular complexity index is 687. The van der Waals surface area contributed by atoms with Gasteiger partial charge in [0.05, 0.1) is 0 Å². The van der Waals surface area contributed by atoms with E-state index in [0.29, 0.717) is 32.2 Å². The monoisotopic (exact) mass is 324 g/mol. The van der Waals surface area contributed by atoms with Gasteiger partial charge in [0, 0.05) is 38.1 Å². The Morgan fingerprint density at radius 3 is 2.75 bits per heavy atom. The summed E-state index contributed by atoms with van der Waals surface area (Å²) in [4.78, 5) is 24.2. The van der Waals surface area contributed by atoms with Crippen LogP contribution in [0.25, 0.3) is 0 Å². The van der Waals surface area contributed by atoms with Crippen LogP contribution >= 0.6 is 0 Å². The highest BCUT2D eigenvalue weighted by Crippen LogP contribution is 2.36. The molecule has 2 amide bonds. The van der Waals surface area contributed by atoms with Crippen molar-refractivity contribution in [3.63, 3.8) is 0 Å². The molecule has 1 fully saturated rings. The summed E-state index contributed by atoms with van der Waals surface area (Å²) in [6.45, 7) is 0.463. The van der Waals surface area contributed by atoms with E-state index in [1.54, 1.807) is 0 Å². The summed E-state index contributed by atoms with van der Waals surface area (Å²) in [5.41, 5.74) is 0.589. The summed E-state index contributed by atoms with van der Waals surface area (Å²) < 4.78 is 0. The summed E-state index contributed by atoms with van der Waals surface area (Å²) >= 11 is 0. The van der Waals surface area contributed by atoms with Crippen molar-refractivity contribution in [3.8, 4) is 12.3 Å². The SMILES string of the molecule is C#CCCC1(CCNC(=O)[C@@H]2NC(=O)C[C@H]2c2ccccc2)N=N1. The minimum Gasteiger partial charge on any atom is -0.354 e. The van der Waals surface area contributed by atoms with Gasteiger partial charge in [-0.15, -0.1) is 12.3 Å². The number of terminal acetylenes is 1. The Kier molecular flexibility index (Phi) is 4.61. The summed E-state index contributed by atoms with van der Waals surface area (Å²) in [6, 6.07) is 9.11. The van der Waals surface area contributed by atoms with Crippen LogP contribution in [0.2, 0.25) is 0 Å². The first-order valence-electron chi connectivity index (χ1n) is 8.13. The Morgan fingerprint density at radius 1 is 1.33 bits per heavy atom. The van der Waals surface area contributed by atoms with Crippen LogP contribution in [-0.2, 0) is 9.59 Å². The molecule has 24 heavy (non-hydrogen) atoms. The van der Waals surface area contributed by atoms with E-state index in [1.807, 2.05) is 30.3 Å². The molecule has 2 atom stereocenters. The molecule has 0 radical (unpaired) electrons. The second-order valence-corrected chi connectivity index (χ2v) is 6.19. The smallest absolute Gasteiger partial charge is 0.243 e. The maximum Gasteiger partial charge on any atom is 0.243 e. The topological polar surface area (TPSA) is 82.9 Å². The lowest BCUT2D eigenvalue weighted by Crippen LogP contribution is -2.44. The summed E-state index contributed by atoms with van der Waals surface area (Å²) in [6.07, 6.45) is 7.57. The van der Waals surface area contributed by atoms with Crippen LogP contribution in [0.15, 0.2) is 40.6 Å². The number of benzene rings is 1. The summed E-state index contributed by atoms with van der Waals surface area (Å²) in [7, 11) is 0. The Hall–Kier alpha value is -2.68. The van der Waals surface area contributed by atoms with Gasteiger partial charge in [-0.25, -0.2) is 0 Å². The predicted octanol–water partition coefficient (Wildman–Crippen LogP) is 1.74. The van der Waals surface area contributed by atoms with E-state index in [4.69, 9.17) is 6.42 Å². The van der Waals surface area contributed by atoms with E-state index in [9.17, 15) is 9.59 Å². The zero-order valence-corrected chi connectivity index (χ0v) is 13.4. The lowest BCUT2D eigenvalue weighted by atomic mass is 9.91. The van der Waals surface area contributed by atoms with Crippen LogP contribution in [0.5, 0.6) is 0 Å². The van der Waals surface area contributed by atoms with Crippen LogP contribution in [0.4, 0.5) is 0 Å². The fourth-order valence-electron chi connectivity index (χ4n) is 3.07. The molecule has 0 bridgehead atoms. The third-order valence-electron chi connectivity index (χ3n) is 4.51. The van der Waals surface area contributed by atoms with Gasteiger partial charge in [-0.1, -0.05) is 30.3 Å². The van der Waals surface area contributed by atoms with Gasteiger partial charge >= 0.3 is 0 Å². The molecular weight excluding hydrogens is 304 g/mol. The van der Waals surface area contributed by atoms with E-state index in [-0.39, 0.29) is 17.7 Å². The van der Waals surface area contributed by atoms with E-state index in [1.165, 1.54) is 0 Å². The number of amides is 2. The molecule has 2 N–H and O–H groups in total. The molecule has 0 aromatic heterocycles. The van der Waals surface area contributed by atoms with Gasteiger partial charge in [-0.2, -0.15) is 10.2 Å². The third-order valence-corrected chi connectivity index (χ3v) is 4.51. The maximum atomic E-state index is 12.5. The molecule has 124 valence electrons. The van der Waals surface area contributed by atoms with Crippen LogP contribution in [0, 0.1) is 12.3 Å². The molecule has 2 heterocycles. The van der Waals surface area contributed by atoms with Gasteiger partial charge in [-0.05, 0) is 5.56 Å². The van der Waals surface area contributed by atoms with Gasteiger partial charge in [0.1, 0.15) is 6.04 Å². The predicted molar refractivity (Wildman–Crippen MR) is 89.0 cm³/mol. The van der Waals surface area contributed by atoms with Gasteiger partial charge < -0.3 is 10.6 Å². The third kappa shape index (κ3) is 3.62. The van der Waals surface area contributed by atoms with Gasteiger partial charge in [0.2, 0.25) is 11.8 Å². The molecule has 0 spiro atoms. The largest absolute Gasteiger partial charge is 0.354 e. The van der Waals surface area contributed by atoms with E-state index in [0.717, 1.165) is 5.56 Å². The van der Waals surface area contributed by atoms with E-state index < -0.39 is 11.7 Å². The second-order valence-electron chi connectivity index (χ2n) is 6.19. The summed E-state index contributed by atoms with van der Waals surface area (Å²) in [5.74, 6) is 2.19. The highest BCUT2D eigenvalue weighted by atomic mass is 16.2. The molecule has 6 nitrogen and oxygen atoms in total. The maximum absolute atomic E-state index is 12.5. The van der Waals surface area contributed by atoms with E-state index in [2.05, 4.69) is 26.8 Å². The molecule has 2 aliphatic heterocycles. The number of nitrogens with zero attached hydrogens (tertiary/aromatic N) is 2. The molecule has 6 heteroatoms. The number of carbonyl (C=O) groups excluding carboxylic acids is 2. The number of rotatable bonds is 7. The quantitative estimate of drug-likeness (QED) is 0.749. The fraction of sp³-hybridized carbons (Fsp3) is 0.444. The van der Waals surface area contributed by atoms with Crippen molar-refractivity contribution < 1.29 is 9.59 Å². The first-order chi connectivity index (χ1) is 11.6. The fourth-order valence-corrected chi connectivity index (χ4v) is 3.07. The summed E-state index contributed by atoms with van der Waals surface area (Å²) in [5, 5.41) is 13.8. The molecule has 2 aliphatic rings. The average Bonchev–Trinajstić information content (AvgIpc) is 3.26. The molecule has 1 saturated heterocycles. The number of hydrogen-bond donors (Lipinski definition) is 2. The van der Waals surface area contributed by atoms with Crippen LogP contribution in [-0.4, -0.2) is 30.1 Å². The van der Waals surface area contributed by atoms with Crippen molar-refractivity contribution in [1.29, 1.82) is 0 Å². The Balaban J connectivity index is 1.54. The van der Waals surface area contributed by atoms with Crippen LogP contribution in [0.3, 0.4) is 0 Å². The number of nitrogens with one attached hydrogen (secondary N) is 2. The number of hydrogen-bond acceptors (Lipinski definition) is 4. The van der Waals surface area contributed by atoms with Crippen molar-refractivity contribution in [2.24, 2.45) is 10.2 Å². The molecule has 1 aromatic carbocycles. The minimum atomic E-state index is -0.533. The zero-order chi connectivity index (χ0) is 17.0. The molecule has 0 saturated carbocycles.